The maximum absolute atomic E-state index is 5.09. The molecule has 0 aromatic heterocycles. The Balaban J connectivity index is 2.63. The van der Waals surface area contributed by atoms with Gasteiger partial charge < -0.3 is 4.74 Å². The van der Waals surface area contributed by atoms with E-state index in [4.69, 9.17) is 4.74 Å². The number of rotatable bonds is 1. The summed E-state index contributed by atoms with van der Waals surface area (Å²) >= 11 is 3.37. The molecule has 0 saturated heterocycles. The summed E-state index contributed by atoms with van der Waals surface area (Å²) in [7, 11) is 1.65. The molecular formula is C6H8BrNO. The standard InChI is InChI=1S/C6H8BrNO/c1-9-6(7)3-2-4-8-5-6/h2-4H,5H2,1H3. The van der Waals surface area contributed by atoms with Gasteiger partial charge in [-0.15, -0.1) is 0 Å². The van der Waals surface area contributed by atoms with Crippen molar-refractivity contribution in [1.82, 2.24) is 0 Å². The predicted octanol–water partition coefficient (Wildman–Crippen LogP) is 1.36. The topological polar surface area (TPSA) is 21.6 Å². The lowest BCUT2D eigenvalue weighted by Gasteiger charge is -2.20. The molecule has 0 fully saturated rings. The molecule has 9 heavy (non-hydrogen) atoms. The lowest BCUT2D eigenvalue weighted by atomic mass is 10.3. The van der Waals surface area contributed by atoms with Crippen LogP contribution in [0.25, 0.3) is 0 Å². The molecule has 1 rings (SSSR count). The number of hydrogen-bond donors (Lipinski definition) is 0. The highest BCUT2D eigenvalue weighted by atomic mass is 79.9. The molecule has 0 aromatic rings. The Hall–Kier alpha value is -0.150. The van der Waals surface area contributed by atoms with Gasteiger partial charge in [0.25, 0.3) is 0 Å². The van der Waals surface area contributed by atoms with E-state index in [1.165, 1.54) is 0 Å². The fraction of sp³-hybridized carbons (Fsp3) is 0.500. The number of aliphatic imine (C=N–C) groups is 1. The van der Waals surface area contributed by atoms with Gasteiger partial charge in [-0.2, -0.15) is 0 Å². The summed E-state index contributed by atoms with van der Waals surface area (Å²) in [6.07, 6.45) is 5.56. The van der Waals surface area contributed by atoms with Crippen LogP contribution in [0.15, 0.2) is 17.1 Å². The van der Waals surface area contributed by atoms with Crippen LogP contribution in [0.1, 0.15) is 0 Å². The van der Waals surface area contributed by atoms with Gasteiger partial charge in [0.2, 0.25) is 0 Å². The number of halogens is 1. The molecule has 0 spiro atoms. The second kappa shape index (κ2) is 2.62. The van der Waals surface area contributed by atoms with Gasteiger partial charge in [0, 0.05) is 13.3 Å². The van der Waals surface area contributed by atoms with Crippen molar-refractivity contribution >= 4 is 22.1 Å². The molecule has 0 bridgehead atoms. The van der Waals surface area contributed by atoms with E-state index in [2.05, 4.69) is 20.9 Å². The van der Waals surface area contributed by atoms with E-state index >= 15 is 0 Å². The second-order valence-electron chi connectivity index (χ2n) is 1.84. The first-order chi connectivity index (χ1) is 4.27. The molecule has 0 aliphatic carbocycles. The molecule has 1 atom stereocenters. The van der Waals surface area contributed by atoms with Crippen LogP contribution in [0.3, 0.4) is 0 Å². The Kier molecular flexibility index (Phi) is 2.03. The van der Waals surface area contributed by atoms with Crippen molar-refractivity contribution in [3.63, 3.8) is 0 Å². The molecular weight excluding hydrogens is 182 g/mol. The van der Waals surface area contributed by atoms with Crippen LogP contribution < -0.4 is 0 Å². The van der Waals surface area contributed by atoms with E-state index in [0.29, 0.717) is 6.54 Å². The minimum absolute atomic E-state index is 0.345. The summed E-state index contributed by atoms with van der Waals surface area (Å²) in [5.41, 5.74) is 0. The normalized spacial score (nSPS) is 33.1. The van der Waals surface area contributed by atoms with Crippen molar-refractivity contribution in [1.29, 1.82) is 0 Å². The molecule has 0 radical (unpaired) electrons. The van der Waals surface area contributed by atoms with Crippen LogP contribution >= 0.6 is 15.9 Å². The molecule has 3 heteroatoms. The van der Waals surface area contributed by atoms with E-state index in [-0.39, 0.29) is 4.51 Å². The molecule has 0 N–H and O–H groups in total. The van der Waals surface area contributed by atoms with Gasteiger partial charge in [0.1, 0.15) is 0 Å². The number of hydrogen-bond acceptors (Lipinski definition) is 2. The quantitative estimate of drug-likeness (QED) is 0.572. The van der Waals surface area contributed by atoms with Crippen molar-refractivity contribution in [2.24, 2.45) is 4.99 Å². The molecule has 50 valence electrons. The van der Waals surface area contributed by atoms with Crippen molar-refractivity contribution in [2.75, 3.05) is 13.7 Å². The molecule has 2 nitrogen and oxygen atoms in total. The fourth-order valence-corrected chi connectivity index (χ4v) is 0.907. The van der Waals surface area contributed by atoms with Crippen LogP contribution in [0.4, 0.5) is 0 Å². The average molecular weight is 190 g/mol. The molecule has 1 aliphatic rings. The smallest absolute Gasteiger partial charge is 0.160 e. The minimum atomic E-state index is -0.345. The third-order valence-electron chi connectivity index (χ3n) is 1.18. The third kappa shape index (κ3) is 1.63. The van der Waals surface area contributed by atoms with Crippen LogP contribution in [-0.2, 0) is 4.74 Å². The highest BCUT2D eigenvalue weighted by molar-refractivity contribution is 9.10. The Morgan fingerprint density at radius 2 is 2.56 bits per heavy atom. The highest BCUT2D eigenvalue weighted by Crippen LogP contribution is 2.22. The Morgan fingerprint density at radius 3 is 2.89 bits per heavy atom. The summed E-state index contributed by atoms with van der Waals surface area (Å²) in [4.78, 5) is 4.02. The summed E-state index contributed by atoms with van der Waals surface area (Å²) in [5.74, 6) is 0. The first kappa shape index (κ1) is 6.96. The number of alkyl halides is 1. The summed E-state index contributed by atoms with van der Waals surface area (Å²) in [6.45, 7) is 0.653. The second-order valence-corrected chi connectivity index (χ2v) is 3.18. The van der Waals surface area contributed by atoms with Gasteiger partial charge in [-0.3, -0.25) is 4.99 Å². The molecule has 1 heterocycles. The highest BCUT2D eigenvalue weighted by Gasteiger charge is 2.22. The van der Waals surface area contributed by atoms with Crippen molar-refractivity contribution in [3.8, 4) is 0 Å². The summed E-state index contributed by atoms with van der Waals surface area (Å²) < 4.78 is 4.75. The number of allylic oxidation sites excluding steroid dienone is 1. The van der Waals surface area contributed by atoms with Crippen LogP contribution in [0.2, 0.25) is 0 Å². The molecule has 0 amide bonds. The van der Waals surface area contributed by atoms with Gasteiger partial charge in [-0.1, -0.05) is 0 Å². The molecule has 0 saturated carbocycles. The Morgan fingerprint density at radius 1 is 1.78 bits per heavy atom. The van der Waals surface area contributed by atoms with Crippen molar-refractivity contribution < 1.29 is 4.74 Å². The number of ether oxygens (including phenoxy) is 1. The Labute approximate surface area is 62.7 Å². The number of methoxy groups -OCH3 is 1. The largest absolute Gasteiger partial charge is 0.361 e. The van der Waals surface area contributed by atoms with Gasteiger partial charge in [-0.25, -0.2) is 0 Å². The zero-order chi connectivity index (χ0) is 6.74. The zero-order valence-corrected chi connectivity index (χ0v) is 6.76. The summed E-state index contributed by atoms with van der Waals surface area (Å²) in [5, 5.41) is 0. The van der Waals surface area contributed by atoms with E-state index < -0.39 is 0 Å². The molecule has 1 aliphatic heterocycles. The number of nitrogens with zero attached hydrogens (tertiary/aromatic N) is 1. The average Bonchev–Trinajstić information content (AvgIpc) is 1.90. The fourth-order valence-electron chi connectivity index (χ4n) is 0.610. The maximum atomic E-state index is 5.09. The first-order valence-electron chi connectivity index (χ1n) is 2.68. The van der Waals surface area contributed by atoms with E-state index in [1.807, 2.05) is 12.2 Å². The lowest BCUT2D eigenvalue weighted by molar-refractivity contribution is 0.124. The van der Waals surface area contributed by atoms with Crippen molar-refractivity contribution in [2.45, 2.75) is 4.51 Å². The van der Waals surface area contributed by atoms with Crippen LogP contribution in [0, 0.1) is 0 Å². The van der Waals surface area contributed by atoms with E-state index in [1.54, 1.807) is 13.3 Å². The van der Waals surface area contributed by atoms with Gasteiger partial charge in [-0.05, 0) is 28.1 Å². The van der Waals surface area contributed by atoms with Crippen LogP contribution in [-0.4, -0.2) is 24.4 Å². The van der Waals surface area contributed by atoms with E-state index in [0.717, 1.165) is 0 Å². The molecule has 0 aromatic carbocycles. The van der Waals surface area contributed by atoms with Crippen molar-refractivity contribution in [3.05, 3.63) is 12.2 Å². The van der Waals surface area contributed by atoms with E-state index in [9.17, 15) is 0 Å². The number of dihydropyridines is 1. The monoisotopic (exact) mass is 189 g/mol. The lowest BCUT2D eigenvalue weighted by Crippen LogP contribution is -2.25. The minimum Gasteiger partial charge on any atom is -0.361 e. The maximum Gasteiger partial charge on any atom is 0.160 e. The van der Waals surface area contributed by atoms with Crippen LogP contribution in [0.5, 0.6) is 0 Å². The zero-order valence-electron chi connectivity index (χ0n) is 5.17. The predicted molar refractivity (Wildman–Crippen MR) is 41.2 cm³/mol. The van der Waals surface area contributed by atoms with Gasteiger partial charge >= 0.3 is 0 Å². The molecule has 1 unspecified atom stereocenters. The Bertz CT molecular complexity index is 155. The summed E-state index contributed by atoms with van der Waals surface area (Å²) in [6, 6.07) is 0. The SMILES string of the molecule is COC1(Br)C=CC=NC1. The first-order valence-corrected chi connectivity index (χ1v) is 3.48. The van der Waals surface area contributed by atoms with Gasteiger partial charge in [0.15, 0.2) is 4.51 Å². The van der Waals surface area contributed by atoms with Gasteiger partial charge in [0.05, 0.1) is 6.54 Å². The third-order valence-corrected chi connectivity index (χ3v) is 2.02.